The fraction of sp³-hybridized carbons (Fsp3) is 0.636. The van der Waals surface area contributed by atoms with Crippen molar-refractivity contribution in [3.8, 4) is 0 Å². The molecule has 0 saturated heterocycles. The van der Waals surface area contributed by atoms with Crippen molar-refractivity contribution in [1.82, 2.24) is 9.97 Å². The third-order valence-corrected chi connectivity index (χ3v) is 3.50. The molecule has 0 aliphatic rings. The molecule has 0 fully saturated rings. The molecule has 0 aliphatic carbocycles. The topological polar surface area (TPSA) is 61.0 Å². The molecule has 2 N–H and O–H groups in total. The van der Waals surface area contributed by atoms with E-state index in [0.29, 0.717) is 18.2 Å². The fourth-order valence-electron chi connectivity index (χ4n) is 1.44. The maximum absolute atomic E-state index is 5.88. The zero-order valence-electron chi connectivity index (χ0n) is 10.2. The summed E-state index contributed by atoms with van der Waals surface area (Å²) in [4.78, 5) is 8.82. The van der Waals surface area contributed by atoms with E-state index in [0.717, 1.165) is 15.7 Å². The summed E-state index contributed by atoms with van der Waals surface area (Å²) < 4.78 is 6.57. The predicted octanol–water partition coefficient (Wildman–Crippen LogP) is 2.50. The number of nitrogens with zero attached hydrogens (tertiary/aromatic N) is 2. The maximum Gasteiger partial charge on any atom is 0.162 e. The molecule has 0 spiro atoms. The van der Waals surface area contributed by atoms with E-state index < -0.39 is 5.60 Å². The van der Waals surface area contributed by atoms with Crippen LogP contribution in [0.2, 0.25) is 0 Å². The average molecular weight is 335 g/mol. The highest BCUT2D eigenvalue weighted by Crippen LogP contribution is 2.25. The summed E-state index contributed by atoms with van der Waals surface area (Å²) in [5, 5.41) is 0. The summed E-state index contributed by atoms with van der Waals surface area (Å²) in [6.45, 7) is 8.55. The van der Waals surface area contributed by atoms with Gasteiger partial charge in [-0.3, -0.25) is 0 Å². The second-order valence-corrected chi connectivity index (χ2v) is 5.07. The van der Waals surface area contributed by atoms with Crippen molar-refractivity contribution in [2.45, 2.75) is 39.7 Å². The Morgan fingerprint density at radius 2 is 1.94 bits per heavy atom. The normalized spacial score (nSPS) is 11.8. The van der Waals surface area contributed by atoms with Crippen LogP contribution in [0.4, 0.5) is 5.82 Å². The summed E-state index contributed by atoms with van der Waals surface area (Å²) in [5.74, 6) is 1.19. The molecule has 1 heterocycles. The van der Waals surface area contributed by atoms with Gasteiger partial charge in [0.25, 0.3) is 0 Å². The van der Waals surface area contributed by atoms with Crippen LogP contribution in [-0.2, 0) is 16.8 Å². The van der Waals surface area contributed by atoms with Gasteiger partial charge in [0, 0.05) is 6.61 Å². The molecule has 5 heteroatoms. The lowest BCUT2D eigenvalue weighted by molar-refractivity contribution is -0.0208. The van der Waals surface area contributed by atoms with E-state index in [9.17, 15) is 0 Å². The molecule has 0 unspecified atom stereocenters. The van der Waals surface area contributed by atoms with Crippen molar-refractivity contribution in [3.05, 3.63) is 15.1 Å². The first-order chi connectivity index (χ1) is 7.42. The Morgan fingerprint density at radius 1 is 1.31 bits per heavy atom. The minimum atomic E-state index is -0.489. The van der Waals surface area contributed by atoms with E-state index in [2.05, 4.69) is 39.5 Å². The van der Waals surface area contributed by atoms with Gasteiger partial charge >= 0.3 is 0 Å². The minimum Gasteiger partial charge on any atom is -0.383 e. The Hall–Kier alpha value is -0.430. The largest absolute Gasteiger partial charge is 0.383 e. The summed E-state index contributed by atoms with van der Waals surface area (Å²) in [7, 11) is 0. The van der Waals surface area contributed by atoms with Crippen LogP contribution in [0.25, 0.3) is 0 Å². The van der Waals surface area contributed by atoms with Crippen LogP contribution in [0.15, 0.2) is 0 Å². The quantitative estimate of drug-likeness (QED) is 0.859. The molecule has 1 aromatic rings. The van der Waals surface area contributed by atoms with Crippen molar-refractivity contribution in [1.29, 1.82) is 0 Å². The Kier molecular flexibility index (Phi) is 4.49. The number of aryl methyl sites for hydroxylation is 1. The Bertz CT molecular complexity index is 380. The lowest BCUT2D eigenvalue weighted by atomic mass is 10.1. The lowest BCUT2D eigenvalue weighted by Crippen LogP contribution is -2.26. The van der Waals surface area contributed by atoms with Crippen LogP contribution in [0.1, 0.15) is 39.2 Å². The summed E-state index contributed by atoms with van der Waals surface area (Å²) >= 11 is 2.18. The third-order valence-electron chi connectivity index (χ3n) is 2.32. The molecule has 16 heavy (non-hydrogen) atoms. The van der Waals surface area contributed by atoms with Crippen LogP contribution in [-0.4, -0.2) is 16.6 Å². The number of rotatable bonds is 4. The van der Waals surface area contributed by atoms with Gasteiger partial charge in [-0.05, 0) is 49.8 Å². The van der Waals surface area contributed by atoms with Crippen molar-refractivity contribution >= 4 is 28.4 Å². The first-order valence-corrected chi connectivity index (χ1v) is 6.46. The molecule has 0 radical (unpaired) electrons. The molecule has 0 aliphatic heterocycles. The molecular formula is C11H18IN3O. The van der Waals surface area contributed by atoms with Gasteiger partial charge in [-0.25, -0.2) is 9.97 Å². The predicted molar refractivity (Wildman–Crippen MR) is 73.2 cm³/mol. The van der Waals surface area contributed by atoms with Crippen molar-refractivity contribution in [3.63, 3.8) is 0 Å². The zero-order valence-corrected chi connectivity index (χ0v) is 12.3. The number of hydrogen-bond acceptors (Lipinski definition) is 4. The standard InChI is InChI=1S/C11H18IN3O/c1-5-7-8(12)9(13)15-10(14-7)11(3,4)16-6-2/h5-6H2,1-4H3,(H2,13,14,15). The van der Waals surface area contributed by atoms with Crippen LogP contribution < -0.4 is 5.73 Å². The highest BCUT2D eigenvalue weighted by Gasteiger charge is 2.26. The molecule has 0 aromatic carbocycles. The molecule has 1 aromatic heterocycles. The Morgan fingerprint density at radius 3 is 2.44 bits per heavy atom. The molecule has 1 rings (SSSR count). The number of nitrogens with two attached hydrogens (primary N) is 1. The Balaban J connectivity index is 3.20. The maximum atomic E-state index is 5.88. The number of aromatic nitrogens is 2. The molecule has 4 nitrogen and oxygen atoms in total. The summed E-state index contributed by atoms with van der Waals surface area (Å²) in [6, 6.07) is 0. The van der Waals surface area contributed by atoms with Gasteiger partial charge in [0.2, 0.25) is 0 Å². The minimum absolute atomic E-state index is 0.489. The first kappa shape index (κ1) is 13.6. The van der Waals surface area contributed by atoms with E-state index in [1.54, 1.807) is 0 Å². The lowest BCUT2D eigenvalue weighted by Gasteiger charge is -2.24. The van der Waals surface area contributed by atoms with Gasteiger partial charge in [0.1, 0.15) is 11.4 Å². The fourth-order valence-corrected chi connectivity index (χ4v) is 2.06. The second-order valence-electron chi connectivity index (χ2n) is 3.99. The molecule has 0 saturated carbocycles. The molecule has 0 amide bonds. The van der Waals surface area contributed by atoms with E-state index in [4.69, 9.17) is 10.5 Å². The van der Waals surface area contributed by atoms with Crippen molar-refractivity contribution in [2.75, 3.05) is 12.3 Å². The van der Waals surface area contributed by atoms with Crippen LogP contribution in [0.3, 0.4) is 0 Å². The number of anilines is 1. The third kappa shape index (κ3) is 2.82. The van der Waals surface area contributed by atoms with Gasteiger partial charge in [-0.1, -0.05) is 6.92 Å². The zero-order chi connectivity index (χ0) is 12.3. The van der Waals surface area contributed by atoms with Gasteiger partial charge in [-0.2, -0.15) is 0 Å². The van der Waals surface area contributed by atoms with Gasteiger partial charge in [0.15, 0.2) is 5.82 Å². The van der Waals surface area contributed by atoms with Crippen LogP contribution in [0.5, 0.6) is 0 Å². The molecule has 0 atom stereocenters. The van der Waals surface area contributed by atoms with Crippen LogP contribution in [0, 0.1) is 3.57 Å². The molecular weight excluding hydrogens is 317 g/mol. The van der Waals surface area contributed by atoms with Crippen LogP contribution >= 0.6 is 22.6 Å². The SMILES string of the molecule is CCOC(C)(C)c1nc(N)c(I)c(CC)n1. The second kappa shape index (κ2) is 5.27. The Labute approximate surface area is 110 Å². The van der Waals surface area contributed by atoms with E-state index in [-0.39, 0.29) is 0 Å². The monoisotopic (exact) mass is 335 g/mol. The van der Waals surface area contributed by atoms with Gasteiger partial charge in [-0.15, -0.1) is 0 Å². The van der Waals surface area contributed by atoms with Crippen molar-refractivity contribution < 1.29 is 4.74 Å². The summed E-state index contributed by atoms with van der Waals surface area (Å²) in [6.07, 6.45) is 0.847. The number of nitrogen functional groups attached to an aromatic ring is 1. The molecule has 90 valence electrons. The molecule has 0 bridgehead atoms. The van der Waals surface area contributed by atoms with Gasteiger partial charge in [0.05, 0.1) is 9.26 Å². The highest BCUT2D eigenvalue weighted by atomic mass is 127. The van der Waals surface area contributed by atoms with E-state index in [1.165, 1.54) is 0 Å². The van der Waals surface area contributed by atoms with E-state index >= 15 is 0 Å². The van der Waals surface area contributed by atoms with Gasteiger partial charge < -0.3 is 10.5 Å². The number of hydrogen-bond donors (Lipinski definition) is 1. The highest BCUT2D eigenvalue weighted by molar-refractivity contribution is 14.1. The van der Waals surface area contributed by atoms with Crippen molar-refractivity contribution in [2.24, 2.45) is 0 Å². The smallest absolute Gasteiger partial charge is 0.162 e. The average Bonchev–Trinajstić information content (AvgIpc) is 2.21. The summed E-state index contributed by atoms with van der Waals surface area (Å²) in [5.41, 5.74) is 6.37. The first-order valence-electron chi connectivity index (χ1n) is 5.38. The van der Waals surface area contributed by atoms with E-state index in [1.807, 2.05) is 20.8 Å². The number of halogens is 1. The number of ether oxygens (including phenoxy) is 1.